The molecule has 0 aliphatic rings. The molecule has 27 heavy (non-hydrogen) atoms. The molecule has 1 N–H and O–H groups in total. The summed E-state index contributed by atoms with van der Waals surface area (Å²) < 4.78 is 12.9. The maximum Gasteiger partial charge on any atom is 0.255 e. The zero-order valence-electron chi connectivity index (χ0n) is 14.8. The molecule has 0 aliphatic carbocycles. The summed E-state index contributed by atoms with van der Waals surface area (Å²) in [4.78, 5) is 13.6. The molecule has 0 aliphatic heterocycles. The minimum Gasteiger partial charge on any atom is -0.497 e. The molecule has 2 aromatic carbocycles. The van der Waals surface area contributed by atoms with Gasteiger partial charge in [0.25, 0.3) is 5.91 Å². The van der Waals surface area contributed by atoms with Crippen molar-refractivity contribution in [2.45, 2.75) is 10.1 Å². The number of hydrogen-bond donors (Lipinski definition) is 1. The smallest absolute Gasteiger partial charge is 0.255 e. The molecule has 0 saturated carbocycles. The fourth-order valence-electron chi connectivity index (χ4n) is 2.23. The average molecular weight is 450 g/mol. The van der Waals surface area contributed by atoms with Gasteiger partial charge in [-0.25, -0.2) is 4.68 Å². The maximum absolute atomic E-state index is 12.8. The van der Waals surface area contributed by atoms with Gasteiger partial charge in [-0.1, -0.05) is 15.9 Å². The molecular formula is C17H16BrN5O3S. The van der Waals surface area contributed by atoms with Crippen LogP contribution in [0.2, 0.25) is 0 Å². The fraction of sp³-hybridized carbons (Fsp3) is 0.176. The minimum absolute atomic E-state index is 0.289. The Morgan fingerprint density at radius 2 is 1.85 bits per heavy atom. The van der Waals surface area contributed by atoms with Crippen LogP contribution in [0.15, 0.2) is 50.9 Å². The molecule has 1 aromatic heterocycles. The van der Waals surface area contributed by atoms with Crippen molar-refractivity contribution in [3.05, 3.63) is 46.4 Å². The number of nitrogens with one attached hydrogen (secondary N) is 1. The van der Waals surface area contributed by atoms with Gasteiger partial charge in [0.15, 0.2) is 0 Å². The number of ether oxygens (including phenoxy) is 2. The number of hydrogen-bond acceptors (Lipinski definition) is 7. The number of aromatic nitrogens is 4. The number of rotatable bonds is 6. The molecule has 3 aromatic rings. The van der Waals surface area contributed by atoms with Gasteiger partial charge < -0.3 is 14.8 Å². The number of anilines is 1. The molecule has 1 amide bonds. The van der Waals surface area contributed by atoms with Crippen molar-refractivity contribution in [1.29, 1.82) is 0 Å². The molecule has 3 rings (SSSR count). The van der Waals surface area contributed by atoms with Crippen molar-refractivity contribution in [2.24, 2.45) is 7.05 Å². The first kappa shape index (κ1) is 19.2. The Hall–Kier alpha value is -2.59. The second kappa shape index (κ2) is 8.40. The fourth-order valence-corrected chi connectivity index (χ4v) is 3.39. The van der Waals surface area contributed by atoms with Gasteiger partial charge in [-0.3, -0.25) is 4.79 Å². The molecule has 0 atom stereocenters. The minimum atomic E-state index is -0.289. The second-order valence-electron chi connectivity index (χ2n) is 5.38. The van der Waals surface area contributed by atoms with E-state index in [0.29, 0.717) is 27.9 Å². The van der Waals surface area contributed by atoms with Crippen molar-refractivity contribution < 1.29 is 14.3 Å². The molecule has 0 spiro atoms. The van der Waals surface area contributed by atoms with Crippen LogP contribution >= 0.6 is 27.7 Å². The molecule has 140 valence electrons. The molecule has 0 saturated heterocycles. The Kier molecular flexibility index (Phi) is 5.97. The lowest BCUT2D eigenvalue weighted by molar-refractivity contribution is 0.102. The van der Waals surface area contributed by atoms with Crippen molar-refractivity contribution in [3.8, 4) is 11.5 Å². The largest absolute Gasteiger partial charge is 0.497 e. The van der Waals surface area contributed by atoms with Crippen LogP contribution in [-0.4, -0.2) is 40.3 Å². The van der Waals surface area contributed by atoms with E-state index >= 15 is 0 Å². The van der Waals surface area contributed by atoms with E-state index < -0.39 is 0 Å². The predicted molar refractivity (Wildman–Crippen MR) is 105 cm³/mol. The molecule has 10 heteroatoms. The van der Waals surface area contributed by atoms with Crippen LogP contribution in [0.4, 0.5) is 5.69 Å². The predicted octanol–water partition coefficient (Wildman–Crippen LogP) is 3.39. The van der Waals surface area contributed by atoms with Crippen molar-refractivity contribution in [1.82, 2.24) is 20.2 Å². The third-order valence-corrected chi connectivity index (χ3v) is 5.18. The Morgan fingerprint density at radius 3 is 2.44 bits per heavy atom. The zero-order chi connectivity index (χ0) is 19.4. The number of methoxy groups -OCH3 is 2. The van der Waals surface area contributed by atoms with Gasteiger partial charge >= 0.3 is 0 Å². The van der Waals surface area contributed by atoms with E-state index in [0.717, 1.165) is 9.37 Å². The van der Waals surface area contributed by atoms with E-state index in [9.17, 15) is 4.79 Å². The highest BCUT2D eigenvalue weighted by Crippen LogP contribution is 2.34. The van der Waals surface area contributed by atoms with Crippen LogP contribution in [0.3, 0.4) is 0 Å². The number of carbonyl (C=O) groups excluding carboxylic acids is 1. The van der Waals surface area contributed by atoms with Gasteiger partial charge in [0, 0.05) is 28.0 Å². The molecule has 8 nitrogen and oxygen atoms in total. The Morgan fingerprint density at radius 1 is 1.15 bits per heavy atom. The monoisotopic (exact) mass is 449 g/mol. The first-order valence-corrected chi connectivity index (χ1v) is 9.35. The molecule has 0 unspecified atom stereocenters. The SMILES string of the molecule is COc1cc(OC)cc(C(=O)Nc2cc(Br)ccc2Sc2nnnn2C)c1. The Bertz CT molecular complexity index is 957. The van der Waals surface area contributed by atoms with Crippen molar-refractivity contribution >= 4 is 39.3 Å². The number of aryl methyl sites for hydroxylation is 1. The third kappa shape index (κ3) is 4.58. The molecule has 0 radical (unpaired) electrons. The lowest BCUT2D eigenvalue weighted by Gasteiger charge is -2.12. The van der Waals surface area contributed by atoms with Crippen molar-refractivity contribution in [2.75, 3.05) is 19.5 Å². The van der Waals surface area contributed by atoms with Gasteiger partial charge in [-0.05, 0) is 52.5 Å². The summed E-state index contributed by atoms with van der Waals surface area (Å²) in [6.45, 7) is 0. The van der Waals surface area contributed by atoms with Gasteiger partial charge in [-0.15, -0.1) is 5.10 Å². The Labute approximate surface area is 168 Å². The molecule has 0 fully saturated rings. The van der Waals surface area contributed by atoms with Crippen LogP contribution in [0.5, 0.6) is 11.5 Å². The lowest BCUT2D eigenvalue weighted by Crippen LogP contribution is -2.13. The summed E-state index contributed by atoms with van der Waals surface area (Å²) in [7, 11) is 4.82. The molecule has 0 bridgehead atoms. The zero-order valence-corrected chi connectivity index (χ0v) is 17.2. The molecule has 1 heterocycles. The van der Waals surface area contributed by atoms with Crippen LogP contribution in [0.25, 0.3) is 0 Å². The summed E-state index contributed by atoms with van der Waals surface area (Å²) in [6, 6.07) is 10.6. The highest BCUT2D eigenvalue weighted by Gasteiger charge is 2.15. The average Bonchev–Trinajstić information content (AvgIpc) is 3.08. The van der Waals surface area contributed by atoms with Crippen LogP contribution in [-0.2, 0) is 7.05 Å². The number of benzene rings is 2. The van der Waals surface area contributed by atoms with E-state index in [1.807, 2.05) is 18.2 Å². The Balaban J connectivity index is 1.90. The van der Waals surface area contributed by atoms with E-state index in [2.05, 4.69) is 36.8 Å². The highest BCUT2D eigenvalue weighted by atomic mass is 79.9. The topological polar surface area (TPSA) is 91.2 Å². The second-order valence-corrected chi connectivity index (χ2v) is 7.31. The van der Waals surface area contributed by atoms with Gasteiger partial charge in [0.2, 0.25) is 5.16 Å². The van der Waals surface area contributed by atoms with E-state index in [-0.39, 0.29) is 5.91 Å². The van der Waals surface area contributed by atoms with E-state index in [1.165, 1.54) is 26.0 Å². The lowest BCUT2D eigenvalue weighted by atomic mass is 10.2. The first-order valence-electron chi connectivity index (χ1n) is 7.74. The quantitative estimate of drug-likeness (QED) is 0.616. The van der Waals surface area contributed by atoms with Crippen LogP contribution < -0.4 is 14.8 Å². The maximum atomic E-state index is 12.8. The molecular weight excluding hydrogens is 434 g/mol. The number of amides is 1. The normalized spacial score (nSPS) is 10.5. The van der Waals surface area contributed by atoms with Crippen LogP contribution in [0.1, 0.15) is 10.4 Å². The number of carbonyl (C=O) groups is 1. The summed E-state index contributed by atoms with van der Waals surface area (Å²) in [5.74, 6) is 0.783. The highest BCUT2D eigenvalue weighted by molar-refractivity contribution is 9.10. The van der Waals surface area contributed by atoms with Gasteiger partial charge in [0.05, 0.1) is 19.9 Å². The van der Waals surface area contributed by atoms with Crippen LogP contribution in [0, 0.1) is 0 Å². The summed E-state index contributed by atoms with van der Waals surface area (Å²) in [6.07, 6.45) is 0. The summed E-state index contributed by atoms with van der Waals surface area (Å²) in [5, 5.41) is 14.9. The van der Waals surface area contributed by atoms with Gasteiger partial charge in [0.1, 0.15) is 11.5 Å². The number of nitrogens with zero attached hydrogens (tertiary/aromatic N) is 4. The summed E-state index contributed by atoms with van der Waals surface area (Å²) in [5.41, 5.74) is 1.05. The van der Waals surface area contributed by atoms with E-state index in [1.54, 1.807) is 29.9 Å². The third-order valence-electron chi connectivity index (χ3n) is 3.59. The standard InChI is InChI=1S/C17H16BrN5O3S/c1-23-17(20-21-22-23)27-15-5-4-11(18)8-14(15)19-16(24)10-6-12(25-2)9-13(7-10)26-3/h4-9H,1-3H3,(H,19,24). The number of halogens is 1. The van der Waals surface area contributed by atoms with E-state index in [4.69, 9.17) is 9.47 Å². The summed E-state index contributed by atoms with van der Waals surface area (Å²) >= 11 is 4.79. The number of tetrazole rings is 1. The van der Waals surface area contributed by atoms with Gasteiger partial charge in [-0.2, -0.15) is 0 Å². The van der Waals surface area contributed by atoms with Crippen molar-refractivity contribution in [3.63, 3.8) is 0 Å². The first-order chi connectivity index (χ1) is 13.0.